The number of benzene rings is 1. The minimum atomic E-state index is 0.215. The van der Waals surface area contributed by atoms with Crippen molar-refractivity contribution in [2.45, 2.75) is 46.6 Å². The Kier molecular flexibility index (Phi) is 6.06. The van der Waals surface area contributed by atoms with Crippen LogP contribution in [0.2, 0.25) is 0 Å². The molecule has 0 spiro atoms. The summed E-state index contributed by atoms with van der Waals surface area (Å²) in [6.07, 6.45) is 2.68. The molecule has 1 unspecified atom stereocenters. The second-order valence-electron chi connectivity index (χ2n) is 4.68. The van der Waals surface area contributed by atoms with Crippen LogP contribution in [0.5, 0.6) is 5.75 Å². The molecule has 0 amide bonds. The lowest BCUT2D eigenvalue weighted by Crippen LogP contribution is -2.29. The largest absolute Gasteiger partial charge is 0.489 e. The van der Waals surface area contributed by atoms with Crippen LogP contribution in [0.1, 0.15) is 37.8 Å². The molecule has 17 heavy (non-hydrogen) atoms. The first-order valence-corrected chi connectivity index (χ1v) is 6.58. The summed E-state index contributed by atoms with van der Waals surface area (Å²) in [5.74, 6) is 1.01. The van der Waals surface area contributed by atoms with E-state index >= 15 is 0 Å². The SMILES string of the molecule is CCCCNCC(C)Oc1cccc(C)c1C. The molecule has 1 rings (SSSR count). The van der Waals surface area contributed by atoms with E-state index in [1.807, 2.05) is 6.07 Å². The highest BCUT2D eigenvalue weighted by Gasteiger charge is 2.06. The number of unbranched alkanes of at least 4 members (excludes halogenated alkanes) is 1. The van der Waals surface area contributed by atoms with Crippen LogP contribution < -0.4 is 10.1 Å². The van der Waals surface area contributed by atoms with Gasteiger partial charge in [0.15, 0.2) is 0 Å². The van der Waals surface area contributed by atoms with Crippen molar-refractivity contribution in [3.05, 3.63) is 29.3 Å². The van der Waals surface area contributed by atoms with Gasteiger partial charge in [-0.25, -0.2) is 0 Å². The van der Waals surface area contributed by atoms with E-state index in [-0.39, 0.29) is 6.10 Å². The number of hydrogen-bond donors (Lipinski definition) is 1. The molecule has 0 aliphatic heterocycles. The van der Waals surface area contributed by atoms with E-state index in [0.29, 0.717) is 0 Å². The predicted molar refractivity (Wildman–Crippen MR) is 73.8 cm³/mol. The molecule has 0 heterocycles. The van der Waals surface area contributed by atoms with Gasteiger partial charge in [0.1, 0.15) is 11.9 Å². The maximum atomic E-state index is 5.94. The van der Waals surface area contributed by atoms with Crippen molar-refractivity contribution in [2.75, 3.05) is 13.1 Å². The number of hydrogen-bond acceptors (Lipinski definition) is 2. The fourth-order valence-corrected chi connectivity index (χ4v) is 1.72. The molecule has 0 saturated heterocycles. The Balaban J connectivity index is 2.39. The van der Waals surface area contributed by atoms with Crippen LogP contribution in [0.4, 0.5) is 0 Å². The van der Waals surface area contributed by atoms with Gasteiger partial charge in [0.05, 0.1) is 0 Å². The zero-order valence-corrected chi connectivity index (χ0v) is 11.5. The highest BCUT2D eigenvalue weighted by molar-refractivity contribution is 5.38. The zero-order chi connectivity index (χ0) is 12.7. The number of ether oxygens (including phenoxy) is 1. The molecule has 0 saturated carbocycles. The maximum Gasteiger partial charge on any atom is 0.122 e. The quantitative estimate of drug-likeness (QED) is 0.731. The second kappa shape index (κ2) is 7.33. The highest BCUT2D eigenvalue weighted by atomic mass is 16.5. The molecule has 0 bridgehead atoms. The van der Waals surface area contributed by atoms with Crippen molar-refractivity contribution in [2.24, 2.45) is 0 Å². The van der Waals surface area contributed by atoms with Crippen LogP contribution in [0.15, 0.2) is 18.2 Å². The van der Waals surface area contributed by atoms with E-state index in [0.717, 1.165) is 18.8 Å². The summed E-state index contributed by atoms with van der Waals surface area (Å²) in [6.45, 7) is 10.5. The summed E-state index contributed by atoms with van der Waals surface area (Å²) in [5.41, 5.74) is 2.53. The fourth-order valence-electron chi connectivity index (χ4n) is 1.72. The summed E-state index contributed by atoms with van der Waals surface area (Å²) in [5, 5.41) is 3.42. The maximum absolute atomic E-state index is 5.94. The molecule has 1 atom stereocenters. The molecule has 96 valence electrons. The van der Waals surface area contributed by atoms with E-state index in [9.17, 15) is 0 Å². The van der Waals surface area contributed by atoms with Crippen LogP contribution >= 0.6 is 0 Å². The first-order valence-electron chi connectivity index (χ1n) is 6.58. The molecule has 0 aromatic heterocycles. The fraction of sp³-hybridized carbons (Fsp3) is 0.600. The lowest BCUT2D eigenvalue weighted by molar-refractivity contribution is 0.215. The van der Waals surface area contributed by atoms with Crippen LogP contribution in [0, 0.1) is 13.8 Å². The van der Waals surface area contributed by atoms with Gasteiger partial charge in [0, 0.05) is 6.54 Å². The van der Waals surface area contributed by atoms with E-state index < -0.39 is 0 Å². The van der Waals surface area contributed by atoms with Gasteiger partial charge in [0.2, 0.25) is 0 Å². The van der Waals surface area contributed by atoms with Crippen molar-refractivity contribution in [3.8, 4) is 5.75 Å². The summed E-state index contributed by atoms with van der Waals surface area (Å²) in [6, 6.07) is 6.21. The molecule has 1 N–H and O–H groups in total. The van der Waals surface area contributed by atoms with Gasteiger partial charge in [-0.05, 0) is 50.9 Å². The molecular formula is C15H25NO. The van der Waals surface area contributed by atoms with Gasteiger partial charge in [-0.2, -0.15) is 0 Å². The Morgan fingerprint density at radius 2 is 2.06 bits per heavy atom. The number of rotatable bonds is 7. The second-order valence-corrected chi connectivity index (χ2v) is 4.68. The third-order valence-electron chi connectivity index (χ3n) is 3.02. The molecule has 0 radical (unpaired) electrons. The minimum absolute atomic E-state index is 0.215. The lowest BCUT2D eigenvalue weighted by atomic mass is 10.1. The highest BCUT2D eigenvalue weighted by Crippen LogP contribution is 2.21. The Bertz CT molecular complexity index is 336. The molecule has 0 fully saturated rings. The predicted octanol–water partition coefficient (Wildman–Crippen LogP) is 3.46. The van der Waals surface area contributed by atoms with Crippen LogP contribution in [-0.2, 0) is 0 Å². The van der Waals surface area contributed by atoms with Crippen LogP contribution in [0.3, 0.4) is 0 Å². The summed E-state index contributed by atoms with van der Waals surface area (Å²) in [7, 11) is 0. The van der Waals surface area contributed by atoms with Crippen LogP contribution in [0.25, 0.3) is 0 Å². The first-order chi connectivity index (χ1) is 8.15. The standard InChI is InChI=1S/C15H25NO/c1-5-6-10-16-11-13(3)17-15-9-7-8-12(2)14(15)4/h7-9,13,16H,5-6,10-11H2,1-4H3. The summed E-state index contributed by atoms with van der Waals surface area (Å²) < 4.78 is 5.94. The zero-order valence-electron chi connectivity index (χ0n) is 11.5. The molecule has 1 aromatic carbocycles. The van der Waals surface area contributed by atoms with Crippen molar-refractivity contribution in [3.63, 3.8) is 0 Å². The van der Waals surface area contributed by atoms with Crippen molar-refractivity contribution in [1.82, 2.24) is 5.32 Å². The monoisotopic (exact) mass is 235 g/mol. The Labute approximate surface area is 105 Å². The first kappa shape index (κ1) is 14.0. The van der Waals surface area contributed by atoms with Gasteiger partial charge in [-0.1, -0.05) is 25.5 Å². The third-order valence-corrected chi connectivity index (χ3v) is 3.02. The summed E-state index contributed by atoms with van der Waals surface area (Å²) >= 11 is 0. The Morgan fingerprint density at radius 3 is 2.76 bits per heavy atom. The van der Waals surface area contributed by atoms with Gasteiger partial charge in [0.25, 0.3) is 0 Å². The molecule has 0 aliphatic rings. The van der Waals surface area contributed by atoms with Crippen molar-refractivity contribution < 1.29 is 4.74 Å². The van der Waals surface area contributed by atoms with Gasteiger partial charge in [-0.15, -0.1) is 0 Å². The minimum Gasteiger partial charge on any atom is -0.489 e. The molecular weight excluding hydrogens is 210 g/mol. The van der Waals surface area contributed by atoms with Crippen molar-refractivity contribution >= 4 is 0 Å². The lowest BCUT2D eigenvalue weighted by Gasteiger charge is -2.17. The smallest absolute Gasteiger partial charge is 0.122 e. The molecule has 2 nitrogen and oxygen atoms in total. The van der Waals surface area contributed by atoms with E-state index in [1.54, 1.807) is 0 Å². The van der Waals surface area contributed by atoms with Gasteiger partial charge in [-0.3, -0.25) is 0 Å². The normalized spacial score (nSPS) is 12.5. The average Bonchev–Trinajstić information content (AvgIpc) is 2.31. The topological polar surface area (TPSA) is 21.3 Å². The van der Waals surface area contributed by atoms with Crippen molar-refractivity contribution in [1.29, 1.82) is 0 Å². The summed E-state index contributed by atoms with van der Waals surface area (Å²) in [4.78, 5) is 0. The molecule has 2 heteroatoms. The van der Waals surface area contributed by atoms with Gasteiger partial charge >= 0.3 is 0 Å². The number of nitrogens with one attached hydrogen (secondary N) is 1. The molecule has 1 aromatic rings. The van der Waals surface area contributed by atoms with E-state index in [1.165, 1.54) is 24.0 Å². The van der Waals surface area contributed by atoms with Gasteiger partial charge < -0.3 is 10.1 Å². The average molecular weight is 235 g/mol. The van der Waals surface area contributed by atoms with E-state index in [4.69, 9.17) is 4.74 Å². The molecule has 0 aliphatic carbocycles. The van der Waals surface area contributed by atoms with Crippen LogP contribution in [-0.4, -0.2) is 19.2 Å². The third kappa shape index (κ3) is 4.78. The van der Waals surface area contributed by atoms with E-state index in [2.05, 4.69) is 45.1 Å². The number of aryl methyl sites for hydroxylation is 1. The Morgan fingerprint density at radius 1 is 1.29 bits per heavy atom. The Hall–Kier alpha value is -1.02.